The van der Waals surface area contributed by atoms with Gasteiger partial charge in [-0.25, -0.2) is 8.42 Å². The maximum atomic E-state index is 12.6. The molecule has 1 aliphatic heterocycles. The summed E-state index contributed by atoms with van der Waals surface area (Å²) in [5.74, 6) is 0.0356. The highest BCUT2D eigenvalue weighted by Crippen LogP contribution is 2.37. The maximum absolute atomic E-state index is 12.6. The second kappa shape index (κ2) is 10.4. The van der Waals surface area contributed by atoms with Crippen LogP contribution < -0.4 is 0 Å². The average molecular weight is 441 g/mol. The lowest BCUT2D eigenvalue weighted by Gasteiger charge is -2.47. The fourth-order valence-corrected chi connectivity index (χ4v) is 8.19. The highest BCUT2D eigenvalue weighted by Gasteiger charge is 2.44. The number of rotatable bonds is 9. The van der Waals surface area contributed by atoms with Crippen molar-refractivity contribution in [3.05, 3.63) is 41.8 Å². The Morgan fingerprint density at radius 1 is 1.07 bits per heavy atom. The van der Waals surface area contributed by atoms with Crippen LogP contribution in [0.1, 0.15) is 34.6 Å². The molecule has 7 heteroatoms. The zero-order valence-corrected chi connectivity index (χ0v) is 20.1. The molecule has 0 aromatic heterocycles. The van der Waals surface area contributed by atoms with Crippen LogP contribution in [-0.4, -0.2) is 46.8 Å². The number of ether oxygens (including phenoxy) is 1. The molecular formula is C22H36O5SSi. The number of hydrogen-bond acceptors (Lipinski definition) is 5. The van der Waals surface area contributed by atoms with E-state index in [0.717, 1.165) is 18.1 Å². The summed E-state index contributed by atoms with van der Waals surface area (Å²) in [6.07, 6.45) is 0.749. The van der Waals surface area contributed by atoms with Gasteiger partial charge in [-0.2, -0.15) is 0 Å². The average Bonchev–Trinajstić information content (AvgIpc) is 2.74. The van der Waals surface area contributed by atoms with Gasteiger partial charge in [0.2, 0.25) is 0 Å². The molecule has 164 valence electrons. The zero-order chi connectivity index (χ0) is 21.7. The Labute approximate surface area is 177 Å². The highest BCUT2D eigenvalue weighted by atomic mass is 32.2. The summed E-state index contributed by atoms with van der Waals surface area (Å²) in [5, 5.41) is 11.1. The Hall–Kier alpha value is -0.993. The minimum atomic E-state index is -3.54. The first-order valence-electron chi connectivity index (χ1n) is 10.7. The van der Waals surface area contributed by atoms with Crippen LogP contribution in [0, 0.1) is 11.8 Å². The lowest BCUT2D eigenvalue weighted by Crippen LogP contribution is -2.55. The maximum Gasteiger partial charge on any atom is 0.199 e. The van der Waals surface area contributed by atoms with Crippen LogP contribution >= 0.6 is 0 Å². The van der Waals surface area contributed by atoms with E-state index in [1.807, 2.05) is 0 Å². The molecule has 0 amide bonds. The minimum Gasteiger partial charge on any atom is -0.413 e. The second-order valence-corrected chi connectivity index (χ2v) is 14.6. The first-order chi connectivity index (χ1) is 13.7. The summed E-state index contributed by atoms with van der Waals surface area (Å²) in [7, 11) is -5.39. The lowest BCUT2D eigenvalue weighted by atomic mass is 9.83. The molecular weight excluding hydrogens is 404 g/mol. The molecule has 0 bridgehead atoms. The highest BCUT2D eigenvalue weighted by molar-refractivity contribution is 7.94. The third-order valence-corrected chi connectivity index (χ3v) is 12.6. The first-order valence-corrected chi connectivity index (χ1v) is 14.7. The van der Waals surface area contributed by atoms with Crippen LogP contribution in [0.4, 0.5) is 0 Å². The van der Waals surface area contributed by atoms with Crippen molar-refractivity contribution in [2.24, 2.45) is 11.8 Å². The molecule has 0 radical (unpaired) electrons. The quantitative estimate of drug-likeness (QED) is 0.576. The normalized spacial score (nSPS) is 28.7. The van der Waals surface area contributed by atoms with Gasteiger partial charge in [-0.05, 0) is 36.3 Å². The molecule has 1 fully saturated rings. The van der Waals surface area contributed by atoms with Crippen LogP contribution in [0.5, 0.6) is 0 Å². The molecule has 1 aromatic rings. The second-order valence-electron chi connectivity index (χ2n) is 8.05. The number of aliphatic hydroxyl groups excluding tert-OH is 1. The Bertz CT molecular complexity index is 752. The molecule has 1 saturated heterocycles. The van der Waals surface area contributed by atoms with Gasteiger partial charge >= 0.3 is 0 Å². The zero-order valence-electron chi connectivity index (χ0n) is 18.2. The van der Waals surface area contributed by atoms with Crippen molar-refractivity contribution in [3.63, 3.8) is 0 Å². The number of benzene rings is 1. The van der Waals surface area contributed by atoms with Crippen molar-refractivity contribution in [3.8, 4) is 0 Å². The van der Waals surface area contributed by atoms with E-state index < -0.39 is 24.3 Å². The molecule has 0 saturated carbocycles. The summed E-state index contributed by atoms with van der Waals surface area (Å²) in [5.41, 5.74) is 0. The van der Waals surface area contributed by atoms with Crippen LogP contribution in [0.3, 0.4) is 0 Å². The van der Waals surface area contributed by atoms with Gasteiger partial charge in [0.25, 0.3) is 0 Å². The summed E-state index contributed by atoms with van der Waals surface area (Å²) >= 11 is 0. The van der Waals surface area contributed by atoms with Crippen molar-refractivity contribution < 1.29 is 22.7 Å². The smallest absolute Gasteiger partial charge is 0.199 e. The number of sulfone groups is 1. The topological polar surface area (TPSA) is 72.8 Å². The van der Waals surface area contributed by atoms with Crippen molar-refractivity contribution >= 4 is 18.2 Å². The minimum absolute atomic E-state index is 0.00783. The molecule has 1 heterocycles. The van der Waals surface area contributed by atoms with Gasteiger partial charge in [-0.1, -0.05) is 52.8 Å². The fourth-order valence-electron chi connectivity index (χ4n) is 4.13. The third kappa shape index (κ3) is 5.58. The van der Waals surface area contributed by atoms with E-state index in [9.17, 15) is 13.5 Å². The van der Waals surface area contributed by atoms with E-state index in [1.54, 1.807) is 36.4 Å². The van der Waals surface area contributed by atoms with Gasteiger partial charge in [0.1, 0.15) is 0 Å². The molecule has 2 rings (SSSR count). The van der Waals surface area contributed by atoms with Crippen molar-refractivity contribution in [2.45, 2.75) is 76.0 Å². The van der Waals surface area contributed by atoms with Crippen LogP contribution in [-0.2, 0) is 19.0 Å². The molecule has 5 nitrogen and oxygen atoms in total. The SMILES string of the molecule is CC[Si](CC)(CC)OC1C(C)C(/C=C/S(=O)(=O)c2ccccc2)OC(CO)C1C. The standard InChI is InChI=1S/C22H36O5SSi/c1-6-29(7-2,8-3)27-22-17(4)20(26-21(16-23)18(22)5)14-15-28(24,25)19-12-10-9-11-13-19/h9-15,17-18,20-23H,6-8,16H2,1-5H3/b15-14+. The van der Waals surface area contributed by atoms with Crippen LogP contribution in [0.15, 0.2) is 46.7 Å². The Morgan fingerprint density at radius 2 is 1.66 bits per heavy atom. The molecule has 0 aliphatic carbocycles. The predicted molar refractivity (Wildman–Crippen MR) is 119 cm³/mol. The Morgan fingerprint density at radius 3 is 2.17 bits per heavy atom. The van der Waals surface area contributed by atoms with Gasteiger partial charge in [0.05, 0.1) is 29.8 Å². The van der Waals surface area contributed by atoms with Gasteiger partial charge in [0, 0.05) is 17.2 Å². The van der Waals surface area contributed by atoms with E-state index >= 15 is 0 Å². The van der Waals surface area contributed by atoms with Crippen molar-refractivity contribution in [1.29, 1.82) is 0 Å². The van der Waals surface area contributed by atoms with Crippen molar-refractivity contribution in [1.82, 2.24) is 0 Å². The van der Waals surface area contributed by atoms with E-state index in [2.05, 4.69) is 34.6 Å². The predicted octanol–water partition coefficient (Wildman–Crippen LogP) is 4.40. The summed E-state index contributed by atoms with van der Waals surface area (Å²) < 4.78 is 38.1. The first kappa shape index (κ1) is 24.3. The van der Waals surface area contributed by atoms with E-state index in [1.165, 1.54) is 5.41 Å². The summed E-state index contributed by atoms with van der Waals surface area (Å²) in [6.45, 7) is 10.6. The van der Waals surface area contributed by atoms with Gasteiger partial charge in [0.15, 0.2) is 18.2 Å². The van der Waals surface area contributed by atoms with Crippen LogP contribution in [0.2, 0.25) is 18.1 Å². The molecule has 1 aromatic carbocycles. The fraction of sp³-hybridized carbons (Fsp3) is 0.636. The lowest BCUT2D eigenvalue weighted by molar-refractivity contribution is -0.154. The third-order valence-electron chi connectivity index (χ3n) is 6.49. The number of aliphatic hydroxyl groups is 1. The molecule has 29 heavy (non-hydrogen) atoms. The van der Waals surface area contributed by atoms with Crippen molar-refractivity contribution in [2.75, 3.05) is 6.61 Å². The van der Waals surface area contributed by atoms with E-state index in [0.29, 0.717) is 0 Å². The Kier molecular flexibility index (Phi) is 8.67. The molecule has 5 unspecified atom stereocenters. The Balaban J connectivity index is 2.28. The van der Waals surface area contributed by atoms with Gasteiger partial charge in [-0.15, -0.1) is 0 Å². The molecule has 1 N–H and O–H groups in total. The molecule has 5 atom stereocenters. The summed E-state index contributed by atoms with van der Waals surface area (Å²) in [4.78, 5) is 0.258. The molecule has 0 spiro atoms. The summed E-state index contributed by atoms with van der Waals surface area (Å²) in [6, 6.07) is 11.5. The largest absolute Gasteiger partial charge is 0.413 e. The van der Waals surface area contributed by atoms with E-state index in [-0.39, 0.29) is 35.5 Å². The van der Waals surface area contributed by atoms with E-state index in [4.69, 9.17) is 9.16 Å². The molecule has 1 aliphatic rings. The monoisotopic (exact) mass is 440 g/mol. The number of hydrogen-bond donors (Lipinski definition) is 1. The van der Waals surface area contributed by atoms with Gasteiger partial charge < -0.3 is 14.3 Å². The van der Waals surface area contributed by atoms with Crippen LogP contribution in [0.25, 0.3) is 0 Å². The van der Waals surface area contributed by atoms with Gasteiger partial charge in [-0.3, -0.25) is 0 Å².